The Bertz CT molecular complexity index is 593. The Kier molecular flexibility index (Phi) is 5.01. The molecule has 0 aliphatic rings. The second-order valence-corrected chi connectivity index (χ2v) is 6.05. The van der Waals surface area contributed by atoms with Crippen LogP contribution in [-0.4, -0.2) is 16.1 Å². The first-order valence-corrected chi connectivity index (χ1v) is 7.60. The number of carbonyl (C=O) groups is 1. The number of rotatable bonds is 5. The topological polar surface area (TPSA) is 50.2 Å². The van der Waals surface area contributed by atoms with Crippen LogP contribution in [0, 0.1) is 0 Å². The molecule has 1 N–H and O–H groups in total. The summed E-state index contributed by atoms with van der Waals surface area (Å²) in [4.78, 5) is 15.8. The van der Waals surface area contributed by atoms with Gasteiger partial charge in [0, 0.05) is 22.9 Å². The molecule has 0 bridgehead atoms. The minimum absolute atomic E-state index is 0.626. The van der Waals surface area contributed by atoms with Gasteiger partial charge in [0.2, 0.25) is 0 Å². The fraction of sp³-hybridized carbons (Fsp3) is 0.0769. The lowest BCUT2D eigenvalue weighted by Crippen LogP contribution is -1.84. The van der Waals surface area contributed by atoms with Gasteiger partial charge in [-0.2, -0.15) is 0 Å². The van der Waals surface area contributed by atoms with Crippen molar-refractivity contribution in [2.45, 2.75) is 10.8 Å². The van der Waals surface area contributed by atoms with E-state index in [-0.39, 0.29) is 0 Å². The van der Waals surface area contributed by atoms with Crippen LogP contribution in [0.5, 0.6) is 0 Å². The van der Waals surface area contributed by atoms with Crippen LogP contribution >= 0.6 is 34.7 Å². The van der Waals surface area contributed by atoms with E-state index in [1.165, 1.54) is 4.88 Å². The third-order valence-electron chi connectivity index (χ3n) is 2.15. The normalized spacial score (nSPS) is 11.0. The highest BCUT2D eigenvalue weighted by Crippen LogP contribution is 2.26. The Balaban J connectivity index is 1.93. The van der Waals surface area contributed by atoms with E-state index in [0.29, 0.717) is 5.02 Å². The number of thiophene rings is 1. The second-order valence-electron chi connectivity index (χ2n) is 3.62. The van der Waals surface area contributed by atoms with Gasteiger partial charge < -0.3 is 5.11 Å². The summed E-state index contributed by atoms with van der Waals surface area (Å²) in [5, 5.41) is 12.0. The van der Waals surface area contributed by atoms with Crippen LogP contribution in [0.4, 0.5) is 0 Å². The molecule has 6 heteroatoms. The molecule has 0 aromatic carbocycles. The fourth-order valence-corrected chi connectivity index (χ4v) is 3.18. The molecule has 19 heavy (non-hydrogen) atoms. The minimum Gasteiger partial charge on any atom is -0.478 e. The summed E-state index contributed by atoms with van der Waals surface area (Å²) >= 11 is 8.99. The Labute approximate surface area is 124 Å². The lowest BCUT2D eigenvalue weighted by atomic mass is 10.3. The molecule has 2 heterocycles. The van der Waals surface area contributed by atoms with Crippen LogP contribution in [-0.2, 0) is 10.5 Å². The smallest absolute Gasteiger partial charge is 0.328 e. The van der Waals surface area contributed by atoms with Crippen LogP contribution < -0.4 is 0 Å². The summed E-state index contributed by atoms with van der Waals surface area (Å²) in [6.45, 7) is 0. The number of hydrogen-bond donors (Lipinski definition) is 1. The summed E-state index contributed by atoms with van der Waals surface area (Å²) in [6, 6.07) is 5.67. The molecule has 0 radical (unpaired) electrons. The first-order chi connectivity index (χ1) is 9.13. The Morgan fingerprint density at radius 3 is 3.05 bits per heavy atom. The quantitative estimate of drug-likeness (QED) is 0.664. The van der Waals surface area contributed by atoms with Gasteiger partial charge in [-0.3, -0.25) is 0 Å². The Hall–Kier alpha value is -1.30. The standard InChI is InChI=1S/C13H10ClNO2S2/c14-10-2-3-12(15-6-10)19-8-11-5-9(7-18-11)1-4-13(16)17/h1-7H,8H2,(H,16,17). The molecular formula is C13H10ClNO2S2. The third-order valence-corrected chi connectivity index (χ3v) is 4.51. The molecule has 3 nitrogen and oxygen atoms in total. The van der Waals surface area contributed by atoms with Gasteiger partial charge in [0.1, 0.15) is 0 Å². The van der Waals surface area contributed by atoms with Crippen molar-refractivity contribution in [3.05, 3.63) is 51.3 Å². The highest BCUT2D eigenvalue weighted by molar-refractivity contribution is 7.98. The summed E-state index contributed by atoms with van der Waals surface area (Å²) in [5.41, 5.74) is 0.909. The molecule has 0 amide bonds. The van der Waals surface area contributed by atoms with E-state index in [1.807, 2.05) is 23.6 Å². The minimum atomic E-state index is -0.938. The highest BCUT2D eigenvalue weighted by Gasteiger charge is 2.01. The van der Waals surface area contributed by atoms with E-state index in [1.54, 1.807) is 35.4 Å². The van der Waals surface area contributed by atoms with Gasteiger partial charge in [-0.25, -0.2) is 9.78 Å². The van der Waals surface area contributed by atoms with Crippen LogP contribution in [0.25, 0.3) is 6.08 Å². The number of halogens is 1. The van der Waals surface area contributed by atoms with E-state index in [4.69, 9.17) is 16.7 Å². The van der Waals surface area contributed by atoms with Crippen molar-refractivity contribution in [3.8, 4) is 0 Å². The third kappa shape index (κ3) is 4.70. The SMILES string of the molecule is O=C(O)C=Cc1csc(CSc2ccc(Cl)cn2)c1. The maximum absolute atomic E-state index is 10.4. The van der Waals surface area contributed by atoms with Crippen molar-refractivity contribution in [2.24, 2.45) is 0 Å². The van der Waals surface area contributed by atoms with Gasteiger partial charge in [-0.05, 0) is 35.2 Å². The number of nitrogens with zero attached hydrogens (tertiary/aromatic N) is 1. The van der Waals surface area contributed by atoms with Gasteiger partial charge in [0.05, 0.1) is 10.0 Å². The average Bonchev–Trinajstić information content (AvgIpc) is 2.84. The number of aromatic nitrogens is 1. The van der Waals surface area contributed by atoms with Crippen molar-refractivity contribution < 1.29 is 9.90 Å². The molecule has 2 aromatic heterocycles. The zero-order chi connectivity index (χ0) is 13.7. The number of carboxylic acids is 1. The van der Waals surface area contributed by atoms with Crippen LogP contribution in [0.2, 0.25) is 5.02 Å². The maximum Gasteiger partial charge on any atom is 0.328 e. The Morgan fingerprint density at radius 2 is 2.37 bits per heavy atom. The van der Waals surface area contributed by atoms with Crippen LogP contribution in [0.3, 0.4) is 0 Å². The fourth-order valence-electron chi connectivity index (χ4n) is 1.32. The number of pyridine rings is 1. The summed E-state index contributed by atoms with van der Waals surface area (Å²) in [6.07, 6.45) is 4.35. The number of hydrogen-bond acceptors (Lipinski definition) is 4. The number of thioether (sulfide) groups is 1. The maximum atomic E-state index is 10.4. The summed E-state index contributed by atoms with van der Waals surface area (Å²) in [5.74, 6) is -0.132. The van der Waals surface area contributed by atoms with Gasteiger partial charge in [-0.15, -0.1) is 23.1 Å². The van der Waals surface area contributed by atoms with Crippen LogP contribution in [0.15, 0.2) is 40.9 Å². The monoisotopic (exact) mass is 311 g/mol. The molecule has 0 aliphatic heterocycles. The first-order valence-electron chi connectivity index (χ1n) is 5.36. The van der Waals surface area contributed by atoms with Crippen molar-refractivity contribution in [1.82, 2.24) is 4.98 Å². The summed E-state index contributed by atoms with van der Waals surface area (Å²) in [7, 11) is 0. The lowest BCUT2D eigenvalue weighted by Gasteiger charge is -1.98. The molecule has 0 saturated heterocycles. The summed E-state index contributed by atoms with van der Waals surface area (Å²) < 4.78 is 0. The zero-order valence-corrected chi connectivity index (χ0v) is 12.1. The lowest BCUT2D eigenvalue weighted by molar-refractivity contribution is -0.131. The number of carboxylic acid groups (broad SMARTS) is 1. The molecule has 2 rings (SSSR count). The first kappa shape index (κ1) is 14.1. The van der Waals surface area contributed by atoms with Gasteiger partial charge in [-0.1, -0.05) is 11.6 Å². The molecular weight excluding hydrogens is 302 g/mol. The molecule has 0 unspecified atom stereocenters. The van der Waals surface area contributed by atoms with E-state index in [2.05, 4.69) is 4.98 Å². The van der Waals surface area contributed by atoms with Crippen molar-refractivity contribution in [3.63, 3.8) is 0 Å². The predicted octanol–water partition coefficient (Wildman–Crippen LogP) is 4.19. The highest BCUT2D eigenvalue weighted by atomic mass is 35.5. The van der Waals surface area contributed by atoms with E-state index in [0.717, 1.165) is 22.4 Å². The molecule has 0 aliphatic carbocycles. The Morgan fingerprint density at radius 1 is 1.53 bits per heavy atom. The van der Waals surface area contributed by atoms with Crippen molar-refractivity contribution in [2.75, 3.05) is 0 Å². The molecule has 98 valence electrons. The molecule has 0 spiro atoms. The van der Waals surface area contributed by atoms with Crippen molar-refractivity contribution >= 4 is 46.7 Å². The second kappa shape index (κ2) is 6.75. The molecule has 0 atom stereocenters. The van der Waals surface area contributed by atoms with E-state index >= 15 is 0 Å². The van der Waals surface area contributed by atoms with Gasteiger partial charge in [0.25, 0.3) is 0 Å². The van der Waals surface area contributed by atoms with Gasteiger partial charge in [0.15, 0.2) is 0 Å². The van der Waals surface area contributed by atoms with Crippen molar-refractivity contribution in [1.29, 1.82) is 0 Å². The molecule has 0 fully saturated rings. The van der Waals surface area contributed by atoms with E-state index in [9.17, 15) is 4.79 Å². The number of aliphatic carboxylic acids is 1. The largest absolute Gasteiger partial charge is 0.478 e. The van der Waals surface area contributed by atoms with Gasteiger partial charge >= 0.3 is 5.97 Å². The zero-order valence-electron chi connectivity index (χ0n) is 9.75. The molecule has 2 aromatic rings. The average molecular weight is 312 g/mol. The predicted molar refractivity (Wildman–Crippen MR) is 79.8 cm³/mol. The van der Waals surface area contributed by atoms with Crippen LogP contribution in [0.1, 0.15) is 10.4 Å². The molecule has 0 saturated carbocycles. The van der Waals surface area contributed by atoms with E-state index < -0.39 is 5.97 Å².